The van der Waals surface area contributed by atoms with E-state index < -0.39 is 0 Å². The number of rotatable bonds is 4. The molecule has 5 heteroatoms. The van der Waals surface area contributed by atoms with E-state index in [1.54, 1.807) is 7.11 Å². The van der Waals surface area contributed by atoms with Crippen LogP contribution in [-0.2, 0) is 16.7 Å². The van der Waals surface area contributed by atoms with Crippen LogP contribution in [0.2, 0.25) is 0 Å². The molecule has 1 unspecified atom stereocenters. The molecule has 2 aromatic rings. The molecule has 0 aliphatic carbocycles. The van der Waals surface area contributed by atoms with Gasteiger partial charge >= 0.3 is 0 Å². The summed E-state index contributed by atoms with van der Waals surface area (Å²) in [7, 11) is 1.67. The molecule has 1 aliphatic heterocycles. The van der Waals surface area contributed by atoms with E-state index in [4.69, 9.17) is 19.6 Å². The van der Waals surface area contributed by atoms with E-state index in [1.807, 2.05) is 28.9 Å². The van der Waals surface area contributed by atoms with Crippen molar-refractivity contribution in [3.63, 3.8) is 0 Å². The van der Waals surface area contributed by atoms with E-state index in [0.29, 0.717) is 0 Å². The third-order valence-corrected chi connectivity index (χ3v) is 4.09. The van der Waals surface area contributed by atoms with Gasteiger partial charge in [-0.2, -0.15) is 5.10 Å². The minimum atomic E-state index is -0.0804. The lowest BCUT2D eigenvalue weighted by molar-refractivity contribution is 0.0941. The Kier molecular flexibility index (Phi) is 4.39. The molecule has 1 fully saturated rings. The Labute approximate surface area is 137 Å². The molecule has 0 saturated carbocycles. The van der Waals surface area contributed by atoms with E-state index in [-0.39, 0.29) is 11.5 Å². The van der Waals surface area contributed by atoms with Crippen LogP contribution in [0.1, 0.15) is 39.4 Å². The average Bonchev–Trinajstić information content (AvgIpc) is 3.17. The van der Waals surface area contributed by atoms with Crippen molar-refractivity contribution in [1.82, 2.24) is 14.8 Å². The molecule has 3 rings (SSSR count). The van der Waals surface area contributed by atoms with Crippen molar-refractivity contribution >= 4 is 0 Å². The molecule has 0 amide bonds. The number of methoxy groups -OCH3 is 1. The van der Waals surface area contributed by atoms with Crippen LogP contribution in [0.3, 0.4) is 0 Å². The van der Waals surface area contributed by atoms with Crippen molar-refractivity contribution in [2.45, 2.75) is 51.7 Å². The van der Waals surface area contributed by atoms with Gasteiger partial charge < -0.3 is 9.47 Å². The molecule has 2 heterocycles. The Balaban J connectivity index is 1.96. The molecule has 1 aromatic carbocycles. The van der Waals surface area contributed by atoms with Crippen LogP contribution in [0.5, 0.6) is 5.75 Å². The van der Waals surface area contributed by atoms with Crippen LogP contribution in [0.4, 0.5) is 0 Å². The summed E-state index contributed by atoms with van der Waals surface area (Å²) in [5.74, 6) is 2.60. The highest BCUT2D eigenvalue weighted by atomic mass is 16.5. The normalized spacial score (nSPS) is 18.3. The quantitative estimate of drug-likeness (QED) is 0.867. The first-order chi connectivity index (χ1) is 11.0. The fraction of sp³-hybridized carbons (Fsp3) is 0.556. The second-order valence-corrected chi connectivity index (χ2v) is 7.05. The van der Waals surface area contributed by atoms with Crippen LogP contribution < -0.4 is 4.74 Å². The first-order valence-corrected chi connectivity index (χ1v) is 8.19. The second-order valence-electron chi connectivity index (χ2n) is 7.05. The van der Waals surface area contributed by atoms with Crippen molar-refractivity contribution in [3.8, 4) is 17.1 Å². The Morgan fingerprint density at radius 3 is 2.57 bits per heavy atom. The van der Waals surface area contributed by atoms with Crippen LogP contribution in [0.25, 0.3) is 11.4 Å². The smallest absolute Gasteiger partial charge is 0.158 e. The molecule has 0 radical (unpaired) electrons. The van der Waals surface area contributed by atoms with Crippen LogP contribution in [0.15, 0.2) is 24.3 Å². The van der Waals surface area contributed by atoms with Gasteiger partial charge in [-0.1, -0.05) is 20.8 Å². The molecule has 0 bridgehead atoms. The molecule has 0 spiro atoms. The van der Waals surface area contributed by atoms with Gasteiger partial charge in [0.25, 0.3) is 0 Å². The zero-order valence-corrected chi connectivity index (χ0v) is 14.4. The third kappa shape index (κ3) is 3.55. The zero-order chi connectivity index (χ0) is 16.4. The van der Waals surface area contributed by atoms with Gasteiger partial charge in [-0.05, 0) is 37.1 Å². The molecule has 1 atom stereocenters. The summed E-state index contributed by atoms with van der Waals surface area (Å²) in [4.78, 5) is 4.80. The van der Waals surface area contributed by atoms with E-state index >= 15 is 0 Å². The number of ether oxygens (including phenoxy) is 2. The second kappa shape index (κ2) is 6.32. The molecular weight excluding hydrogens is 290 g/mol. The van der Waals surface area contributed by atoms with Crippen LogP contribution in [-0.4, -0.2) is 34.6 Å². The molecule has 124 valence electrons. The Morgan fingerprint density at radius 2 is 2.00 bits per heavy atom. The lowest BCUT2D eigenvalue weighted by Crippen LogP contribution is -2.18. The summed E-state index contributed by atoms with van der Waals surface area (Å²) < 4.78 is 13.0. The lowest BCUT2D eigenvalue weighted by atomic mass is 9.96. The standard InChI is InChI=1S/C18H25N3O2/c1-18(2,3)17-19-16(13-7-9-14(22-4)10-8-13)21(20-17)12-15-6-5-11-23-15/h7-10,15H,5-6,11-12H2,1-4H3. The fourth-order valence-corrected chi connectivity index (χ4v) is 2.72. The topological polar surface area (TPSA) is 49.2 Å². The summed E-state index contributed by atoms with van der Waals surface area (Å²) in [6.07, 6.45) is 2.46. The van der Waals surface area contributed by atoms with E-state index in [2.05, 4.69) is 20.8 Å². The van der Waals surface area contributed by atoms with Gasteiger partial charge in [0, 0.05) is 17.6 Å². The van der Waals surface area contributed by atoms with E-state index in [9.17, 15) is 0 Å². The Morgan fingerprint density at radius 1 is 1.26 bits per heavy atom. The monoisotopic (exact) mass is 315 g/mol. The van der Waals surface area contributed by atoms with Gasteiger partial charge in [0.1, 0.15) is 5.75 Å². The molecule has 0 N–H and O–H groups in total. The molecule has 23 heavy (non-hydrogen) atoms. The maximum absolute atomic E-state index is 5.77. The predicted octanol–water partition coefficient (Wildman–Crippen LogP) is 3.43. The summed E-state index contributed by atoms with van der Waals surface area (Å²) in [6.45, 7) is 8.01. The highest BCUT2D eigenvalue weighted by Gasteiger charge is 2.25. The maximum Gasteiger partial charge on any atom is 0.158 e. The first kappa shape index (κ1) is 16.0. The fourth-order valence-electron chi connectivity index (χ4n) is 2.72. The summed E-state index contributed by atoms with van der Waals surface area (Å²) in [5.41, 5.74) is 0.968. The molecule has 1 aromatic heterocycles. The van der Waals surface area contributed by atoms with Gasteiger partial charge in [-0.15, -0.1) is 0 Å². The first-order valence-electron chi connectivity index (χ1n) is 8.19. The molecule has 1 saturated heterocycles. The van der Waals surface area contributed by atoms with Gasteiger partial charge in [-0.3, -0.25) is 0 Å². The van der Waals surface area contributed by atoms with Gasteiger partial charge in [-0.25, -0.2) is 9.67 Å². The van der Waals surface area contributed by atoms with Crippen molar-refractivity contribution in [2.24, 2.45) is 0 Å². The molecular formula is C18H25N3O2. The maximum atomic E-state index is 5.77. The van der Waals surface area contributed by atoms with Gasteiger partial charge in [0.2, 0.25) is 0 Å². The lowest BCUT2D eigenvalue weighted by Gasteiger charge is -2.13. The third-order valence-electron chi connectivity index (χ3n) is 4.09. The minimum absolute atomic E-state index is 0.0804. The zero-order valence-electron chi connectivity index (χ0n) is 14.4. The van der Waals surface area contributed by atoms with Crippen molar-refractivity contribution < 1.29 is 9.47 Å². The number of hydrogen-bond donors (Lipinski definition) is 0. The van der Waals surface area contributed by atoms with E-state index in [1.165, 1.54) is 0 Å². The van der Waals surface area contributed by atoms with Crippen LogP contribution >= 0.6 is 0 Å². The van der Waals surface area contributed by atoms with Gasteiger partial charge in [0.05, 0.1) is 19.8 Å². The minimum Gasteiger partial charge on any atom is -0.497 e. The summed E-state index contributed by atoms with van der Waals surface area (Å²) in [6, 6.07) is 7.97. The Bertz CT molecular complexity index is 650. The molecule has 5 nitrogen and oxygen atoms in total. The highest BCUT2D eigenvalue weighted by Crippen LogP contribution is 2.26. The van der Waals surface area contributed by atoms with Crippen LogP contribution in [0, 0.1) is 0 Å². The van der Waals surface area contributed by atoms with E-state index in [0.717, 1.165) is 49.0 Å². The Hall–Kier alpha value is -1.88. The van der Waals surface area contributed by atoms with Crippen molar-refractivity contribution in [1.29, 1.82) is 0 Å². The van der Waals surface area contributed by atoms with Crippen molar-refractivity contribution in [3.05, 3.63) is 30.1 Å². The SMILES string of the molecule is COc1ccc(-c2nc(C(C)(C)C)nn2CC2CCCO2)cc1. The number of aromatic nitrogens is 3. The van der Waals surface area contributed by atoms with Gasteiger partial charge in [0.15, 0.2) is 11.6 Å². The largest absolute Gasteiger partial charge is 0.497 e. The predicted molar refractivity (Wildman–Crippen MR) is 89.7 cm³/mol. The number of hydrogen-bond acceptors (Lipinski definition) is 4. The number of benzene rings is 1. The van der Waals surface area contributed by atoms with Crippen molar-refractivity contribution in [2.75, 3.05) is 13.7 Å². The average molecular weight is 315 g/mol. The summed E-state index contributed by atoms with van der Waals surface area (Å²) in [5, 5.41) is 4.76. The number of nitrogens with zero attached hydrogens (tertiary/aromatic N) is 3. The molecule has 1 aliphatic rings. The summed E-state index contributed by atoms with van der Waals surface area (Å²) >= 11 is 0. The highest BCUT2D eigenvalue weighted by molar-refractivity contribution is 5.56.